The second kappa shape index (κ2) is 22.1. The summed E-state index contributed by atoms with van der Waals surface area (Å²) in [5.74, 6) is 2.10. The van der Waals surface area contributed by atoms with Crippen molar-refractivity contribution in [3.63, 3.8) is 0 Å². The van der Waals surface area contributed by atoms with Crippen LogP contribution in [0.1, 0.15) is 82.3 Å². The first-order chi connectivity index (χ1) is 13.3. The van der Waals surface area contributed by atoms with Gasteiger partial charge in [0.05, 0.1) is 13.2 Å². The molecule has 0 radical (unpaired) electrons. The molecule has 0 aromatic heterocycles. The van der Waals surface area contributed by atoms with Gasteiger partial charge in [0.25, 0.3) is 0 Å². The summed E-state index contributed by atoms with van der Waals surface area (Å²) in [5.41, 5.74) is 2.68. The minimum Gasteiger partial charge on any atom is -0.396 e. The van der Waals surface area contributed by atoms with E-state index in [9.17, 15) is 0 Å². The average Bonchev–Trinajstić information content (AvgIpc) is 2.71. The number of hydrogen-bond donors (Lipinski definition) is 2. The minimum absolute atomic E-state index is 0.213. The molecule has 1 rings (SSSR count). The number of unbranched alkanes of at least 4 members (excludes halogenated alkanes) is 9. The normalized spacial score (nSPS) is 10.5. The third kappa shape index (κ3) is 18.9. The van der Waals surface area contributed by atoms with E-state index >= 15 is 0 Å². The van der Waals surface area contributed by atoms with Crippen molar-refractivity contribution < 1.29 is 10.2 Å². The van der Waals surface area contributed by atoms with Gasteiger partial charge in [0.1, 0.15) is 0 Å². The summed E-state index contributed by atoms with van der Waals surface area (Å²) < 4.78 is 0. The van der Waals surface area contributed by atoms with Crippen molar-refractivity contribution in [2.24, 2.45) is 0 Å². The lowest BCUT2D eigenvalue weighted by atomic mass is 10.0. The quantitative estimate of drug-likeness (QED) is 0.236. The Morgan fingerprint density at radius 1 is 0.704 bits per heavy atom. The lowest BCUT2D eigenvalue weighted by Gasteiger charge is -2.04. The van der Waals surface area contributed by atoms with E-state index in [2.05, 4.69) is 31.2 Å². The Morgan fingerprint density at radius 2 is 1.15 bits per heavy atom. The summed E-state index contributed by atoms with van der Waals surface area (Å²) in [6.45, 7) is 2.71. The largest absolute Gasteiger partial charge is 0.396 e. The third-order valence-corrected chi connectivity index (χ3v) is 5.72. The molecular weight excluding hydrogens is 376 g/mol. The lowest BCUT2D eigenvalue weighted by molar-refractivity contribution is 0.318. The monoisotopic (exact) mass is 416 g/mol. The van der Waals surface area contributed by atoms with Gasteiger partial charge in [-0.2, -0.15) is 11.8 Å². The molecule has 0 bridgehead atoms. The maximum absolute atomic E-state index is 8.19. The van der Waals surface area contributed by atoms with Crippen LogP contribution in [-0.4, -0.2) is 34.9 Å². The molecule has 0 aliphatic rings. The Kier molecular flexibility index (Phi) is 21.9. The standard InChI is InChI=1S/C19H31Cl.C4H10O2S/c1-2-3-4-5-6-7-8-9-10-11-12-18-13-15-19(17-20)16-14-18;5-1-3-7-4-2-6/h13-16H,2-12,17H2,1H3;5-6H,1-4H2. The highest BCUT2D eigenvalue weighted by atomic mass is 35.5. The van der Waals surface area contributed by atoms with E-state index in [-0.39, 0.29) is 13.2 Å². The van der Waals surface area contributed by atoms with E-state index in [0.29, 0.717) is 5.88 Å². The third-order valence-electron chi connectivity index (χ3n) is 4.47. The summed E-state index contributed by atoms with van der Waals surface area (Å²) in [4.78, 5) is 0. The van der Waals surface area contributed by atoms with Crippen molar-refractivity contribution in [2.75, 3.05) is 24.7 Å². The second-order valence-corrected chi connectivity index (χ2v) is 8.43. The van der Waals surface area contributed by atoms with Gasteiger partial charge >= 0.3 is 0 Å². The van der Waals surface area contributed by atoms with Gasteiger partial charge in [0.2, 0.25) is 0 Å². The fourth-order valence-corrected chi connectivity index (χ4v) is 3.48. The zero-order valence-corrected chi connectivity index (χ0v) is 18.9. The van der Waals surface area contributed by atoms with Crippen LogP contribution in [0, 0.1) is 0 Å². The highest BCUT2D eigenvalue weighted by Gasteiger charge is 1.96. The van der Waals surface area contributed by atoms with Crippen molar-refractivity contribution in [3.05, 3.63) is 35.4 Å². The van der Waals surface area contributed by atoms with Gasteiger partial charge < -0.3 is 10.2 Å². The Bertz CT molecular complexity index is 394. The highest BCUT2D eigenvalue weighted by Crippen LogP contribution is 2.13. The molecule has 1 aromatic carbocycles. The van der Waals surface area contributed by atoms with Crippen molar-refractivity contribution in [3.8, 4) is 0 Å². The maximum atomic E-state index is 8.19. The molecule has 0 fully saturated rings. The number of rotatable bonds is 16. The number of halogens is 1. The van der Waals surface area contributed by atoms with Crippen molar-refractivity contribution >= 4 is 23.4 Å². The minimum atomic E-state index is 0.213. The van der Waals surface area contributed by atoms with Crippen LogP contribution in [0.5, 0.6) is 0 Å². The smallest absolute Gasteiger partial charge is 0.0521 e. The van der Waals surface area contributed by atoms with Crippen LogP contribution >= 0.6 is 23.4 Å². The number of aliphatic hydroxyl groups excluding tert-OH is 2. The molecule has 2 nitrogen and oxygen atoms in total. The number of aliphatic hydroxyl groups is 2. The topological polar surface area (TPSA) is 40.5 Å². The molecule has 0 spiro atoms. The van der Waals surface area contributed by atoms with E-state index in [0.717, 1.165) is 11.5 Å². The highest BCUT2D eigenvalue weighted by molar-refractivity contribution is 7.99. The zero-order valence-electron chi connectivity index (χ0n) is 17.3. The van der Waals surface area contributed by atoms with Crippen LogP contribution in [-0.2, 0) is 12.3 Å². The van der Waals surface area contributed by atoms with Crippen molar-refractivity contribution in [1.29, 1.82) is 0 Å². The molecule has 0 unspecified atom stereocenters. The van der Waals surface area contributed by atoms with Gasteiger partial charge in [-0.1, -0.05) is 89.0 Å². The van der Waals surface area contributed by atoms with E-state index in [4.69, 9.17) is 21.8 Å². The van der Waals surface area contributed by atoms with Crippen LogP contribution in [0.2, 0.25) is 0 Å². The second-order valence-electron chi connectivity index (χ2n) is 6.94. The van der Waals surface area contributed by atoms with Gasteiger partial charge in [0.15, 0.2) is 0 Å². The van der Waals surface area contributed by atoms with Gasteiger partial charge in [0, 0.05) is 17.4 Å². The number of alkyl halides is 1. The summed E-state index contributed by atoms with van der Waals surface area (Å²) in [7, 11) is 0. The molecule has 0 heterocycles. The summed E-state index contributed by atoms with van der Waals surface area (Å²) in [5, 5.41) is 16.4. The zero-order chi connectivity index (χ0) is 20.0. The van der Waals surface area contributed by atoms with Crippen LogP contribution in [0.15, 0.2) is 24.3 Å². The predicted molar refractivity (Wildman–Crippen MR) is 123 cm³/mol. The molecule has 0 saturated heterocycles. The Labute approximate surface area is 177 Å². The van der Waals surface area contributed by atoms with E-state index in [1.807, 2.05) is 0 Å². The van der Waals surface area contributed by atoms with E-state index < -0.39 is 0 Å². The summed E-state index contributed by atoms with van der Waals surface area (Å²) >= 11 is 7.35. The first kappa shape index (κ1) is 26.8. The van der Waals surface area contributed by atoms with E-state index in [1.54, 1.807) is 11.8 Å². The molecule has 158 valence electrons. The molecule has 4 heteroatoms. The lowest BCUT2D eigenvalue weighted by Crippen LogP contribution is -1.91. The Morgan fingerprint density at radius 3 is 1.59 bits per heavy atom. The maximum Gasteiger partial charge on any atom is 0.0521 e. The van der Waals surface area contributed by atoms with Gasteiger partial charge in [-0.05, 0) is 24.0 Å². The fourth-order valence-electron chi connectivity index (χ4n) is 2.84. The Balaban J connectivity index is 0.000000821. The Hall–Kier alpha value is -0.220. The predicted octanol–water partition coefficient (Wildman–Crippen LogP) is 6.59. The first-order valence-electron chi connectivity index (χ1n) is 10.7. The van der Waals surface area contributed by atoms with Gasteiger partial charge in [-0.15, -0.1) is 11.6 Å². The molecule has 27 heavy (non-hydrogen) atoms. The number of aryl methyl sites for hydroxylation is 1. The number of benzene rings is 1. The van der Waals surface area contributed by atoms with Gasteiger partial charge in [-0.25, -0.2) is 0 Å². The first-order valence-corrected chi connectivity index (χ1v) is 12.4. The van der Waals surface area contributed by atoms with Crippen LogP contribution in [0.4, 0.5) is 0 Å². The van der Waals surface area contributed by atoms with Crippen molar-refractivity contribution in [2.45, 2.75) is 83.4 Å². The number of hydrogen-bond acceptors (Lipinski definition) is 3. The van der Waals surface area contributed by atoms with Crippen LogP contribution in [0.3, 0.4) is 0 Å². The van der Waals surface area contributed by atoms with Crippen LogP contribution in [0.25, 0.3) is 0 Å². The molecule has 1 aromatic rings. The average molecular weight is 417 g/mol. The van der Waals surface area contributed by atoms with Crippen molar-refractivity contribution in [1.82, 2.24) is 0 Å². The van der Waals surface area contributed by atoms with Crippen LogP contribution < -0.4 is 0 Å². The molecule has 0 amide bonds. The summed E-state index contributed by atoms with van der Waals surface area (Å²) in [6, 6.07) is 8.76. The molecule has 0 saturated carbocycles. The van der Waals surface area contributed by atoms with E-state index in [1.165, 1.54) is 81.8 Å². The molecule has 0 atom stereocenters. The molecular formula is C23H41ClO2S. The van der Waals surface area contributed by atoms with Gasteiger partial charge in [-0.3, -0.25) is 0 Å². The fraction of sp³-hybridized carbons (Fsp3) is 0.739. The molecule has 0 aliphatic carbocycles. The molecule has 2 N–H and O–H groups in total. The number of thioether (sulfide) groups is 1. The summed E-state index contributed by atoms with van der Waals surface area (Å²) in [6.07, 6.45) is 15.3. The molecule has 0 aliphatic heterocycles. The SMILES string of the molecule is CCCCCCCCCCCCc1ccc(CCl)cc1.OCCSCCO.